The number of ketones is 2. The van der Waals surface area contributed by atoms with Crippen molar-refractivity contribution >= 4 is 23.2 Å². The fraction of sp³-hybridized carbons (Fsp3) is 0.714. The number of nitrogens with one attached hydrogen (secondary N) is 1. The average molecular weight is 276 g/mol. The molecule has 0 saturated heterocycles. The lowest BCUT2D eigenvalue weighted by Crippen LogP contribution is -2.17. The van der Waals surface area contributed by atoms with E-state index >= 15 is 0 Å². The molecular formula is C14H32N2O3. The van der Waals surface area contributed by atoms with Gasteiger partial charge >= 0.3 is 0 Å². The second kappa shape index (κ2) is 21.7. The summed E-state index contributed by atoms with van der Waals surface area (Å²) in [5, 5.41) is 6.50. The molecule has 0 saturated carbocycles. The van der Waals surface area contributed by atoms with Crippen LogP contribution in [-0.2, 0) is 14.4 Å². The van der Waals surface area contributed by atoms with Crippen LogP contribution in [0.2, 0.25) is 0 Å². The van der Waals surface area contributed by atoms with Crippen LogP contribution in [0.3, 0.4) is 0 Å². The van der Waals surface area contributed by atoms with Crippen molar-refractivity contribution in [2.24, 2.45) is 0 Å². The Morgan fingerprint density at radius 1 is 0.737 bits per heavy atom. The summed E-state index contributed by atoms with van der Waals surface area (Å²) in [6.45, 7) is 11.1. The Hall–Kier alpha value is -1.52. The van der Waals surface area contributed by atoms with Gasteiger partial charge in [0.25, 0.3) is 0 Å². The van der Waals surface area contributed by atoms with Crippen molar-refractivity contribution in [1.82, 2.24) is 4.90 Å². The lowest BCUT2D eigenvalue weighted by molar-refractivity contribution is -0.126. The van der Waals surface area contributed by atoms with Gasteiger partial charge in [0.2, 0.25) is 5.91 Å². The summed E-state index contributed by atoms with van der Waals surface area (Å²) >= 11 is 0. The Balaban J connectivity index is -0.0000000459. The first-order chi connectivity index (χ1) is 7.84. The molecule has 0 rings (SSSR count). The van der Waals surface area contributed by atoms with E-state index in [0.29, 0.717) is 5.71 Å². The molecule has 0 bridgehead atoms. The molecule has 0 fully saturated rings. The van der Waals surface area contributed by atoms with Crippen molar-refractivity contribution in [1.29, 1.82) is 5.41 Å². The minimum Gasteiger partial charge on any atom is -0.349 e. The SMILES string of the molecule is C.CC(=O)N(C)C.CC(C)=N.CC(C)=O.CC(C)=O. The van der Waals surface area contributed by atoms with Gasteiger partial charge in [-0.2, -0.15) is 0 Å². The van der Waals surface area contributed by atoms with E-state index in [2.05, 4.69) is 0 Å². The molecule has 0 spiro atoms. The van der Waals surface area contributed by atoms with Crippen molar-refractivity contribution in [3.05, 3.63) is 0 Å². The monoisotopic (exact) mass is 276 g/mol. The molecule has 5 heteroatoms. The summed E-state index contributed by atoms with van der Waals surface area (Å²) < 4.78 is 0. The molecule has 0 aliphatic heterocycles. The number of carbonyl (C=O) groups is 3. The second-order valence-electron chi connectivity index (χ2n) is 4.23. The van der Waals surface area contributed by atoms with Crippen molar-refractivity contribution in [3.63, 3.8) is 0 Å². The molecule has 0 aromatic carbocycles. The van der Waals surface area contributed by atoms with Gasteiger partial charge in [-0.3, -0.25) is 4.79 Å². The van der Waals surface area contributed by atoms with Gasteiger partial charge in [-0.05, 0) is 41.5 Å². The number of amides is 1. The molecule has 1 N–H and O–H groups in total. The zero-order valence-corrected chi connectivity index (χ0v) is 13.2. The lowest BCUT2D eigenvalue weighted by atomic mass is 10.5. The van der Waals surface area contributed by atoms with E-state index in [1.165, 1.54) is 39.5 Å². The Labute approximate surface area is 118 Å². The predicted octanol–water partition coefficient (Wildman–Crippen LogP) is 2.97. The summed E-state index contributed by atoms with van der Waals surface area (Å²) in [5.41, 5.74) is 0.667. The first kappa shape index (κ1) is 30.5. The van der Waals surface area contributed by atoms with Gasteiger partial charge in [0, 0.05) is 26.7 Å². The maximum Gasteiger partial charge on any atom is 0.218 e. The van der Waals surface area contributed by atoms with Crippen LogP contribution in [0, 0.1) is 5.41 Å². The molecule has 0 atom stereocenters. The molecule has 116 valence electrons. The normalized spacial score (nSPS) is 6.58. The minimum atomic E-state index is 0. The van der Waals surface area contributed by atoms with Crippen LogP contribution in [-0.4, -0.2) is 42.2 Å². The molecule has 0 unspecified atom stereocenters. The van der Waals surface area contributed by atoms with Gasteiger partial charge in [0.05, 0.1) is 0 Å². The summed E-state index contributed by atoms with van der Waals surface area (Å²) in [5.74, 6) is 0.426. The van der Waals surface area contributed by atoms with Crippen molar-refractivity contribution in [2.75, 3.05) is 14.1 Å². The van der Waals surface area contributed by atoms with E-state index in [1.54, 1.807) is 27.9 Å². The molecule has 0 radical (unpaired) electrons. The largest absolute Gasteiger partial charge is 0.349 e. The lowest BCUT2D eigenvalue weighted by Gasteiger charge is -2.02. The van der Waals surface area contributed by atoms with Crippen LogP contribution < -0.4 is 0 Å². The number of hydrogen-bond donors (Lipinski definition) is 1. The van der Waals surface area contributed by atoms with Crippen LogP contribution in [0.15, 0.2) is 0 Å². The number of rotatable bonds is 0. The Morgan fingerprint density at radius 2 is 0.789 bits per heavy atom. The third-order valence-electron chi connectivity index (χ3n) is 0.630. The highest BCUT2D eigenvalue weighted by Gasteiger charge is 1.87. The van der Waals surface area contributed by atoms with Crippen LogP contribution in [0.25, 0.3) is 0 Å². The smallest absolute Gasteiger partial charge is 0.218 e. The molecule has 0 aliphatic carbocycles. The van der Waals surface area contributed by atoms with Gasteiger partial charge in [-0.1, -0.05) is 7.43 Å². The molecule has 19 heavy (non-hydrogen) atoms. The fourth-order valence-electron chi connectivity index (χ4n) is 0. The summed E-state index contributed by atoms with van der Waals surface area (Å²) in [6.07, 6.45) is 0. The predicted molar refractivity (Wildman–Crippen MR) is 82.9 cm³/mol. The zero-order valence-electron chi connectivity index (χ0n) is 13.2. The van der Waals surface area contributed by atoms with Gasteiger partial charge in [0.15, 0.2) is 0 Å². The Bertz CT molecular complexity index is 219. The van der Waals surface area contributed by atoms with Crippen LogP contribution >= 0.6 is 0 Å². The average Bonchev–Trinajstić information content (AvgIpc) is 1.99. The van der Waals surface area contributed by atoms with E-state index < -0.39 is 0 Å². The first-order valence-electron chi connectivity index (χ1n) is 5.48. The minimum absolute atomic E-state index is 0. The van der Waals surface area contributed by atoms with Crippen LogP contribution in [0.1, 0.15) is 55.9 Å². The van der Waals surface area contributed by atoms with E-state index in [4.69, 9.17) is 5.41 Å². The highest BCUT2D eigenvalue weighted by atomic mass is 16.2. The Kier molecular flexibility index (Phi) is 34.9. The number of hydrogen-bond acceptors (Lipinski definition) is 4. The maximum absolute atomic E-state index is 10.1. The molecule has 0 heterocycles. The third kappa shape index (κ3) is 562. The van der Waals surface area contributed by atoms with E-state index in [-0.39, 0.29) is 24.9 Å². The van der Waals surface area contributed by atoms with Gasteiger partial charge < -0.3 is 19.9 Å². The maximum atomic E-state index is 10.1. The Morgan fingerprint density at radius 3 is 0.789 bits per heavy atom. The number of nitrogens with zero attached hydrogens (tertiary/aromatic N) is 1. The fourth-order valence-corrected chi connectivity index (χ4v) is 0. The van der Waals surface area contributed by atoms with Crippen LogP contribution in [0.4, 0.5) is 0 Å². The molecular weight excluding hydrogens is 244 g/mol. The molecule has 5 nitrogen and oxygen atoms in total. The molecule has 1 amide bonds. The highest BCUT2D eigenvalue weighted by Crippen LogP contribution is 1.69. The second-order valence-corrected chi connectivity index (χ2v) is 4.23. The standard InChI is InChI=1S/C4H9NO.C3H7N.2C3H6O.CH4/c1-4(6)5(2)3;3*1-3(2)4;/h1-3H3;4H,1-2H3;2*1-2H3;1H4. The summed E-state index contributed by atoms with van der Waals surface area (Å²) in [6, 6.07) is 0. The van der Waals surface area contributed by atoms with E-state index in [1.807, 2.05) is 0 Å². The number of carbonyl (C=O) groups excluding carboxylic acids is 3. The van der Waals surface area contributed by atoms with E-state index in [0.717, 1.165) is 0 Å². The first-order valence-corrected chi connectivity index (χ1v) is 5.48. The van der Waals surface area contributed by atoms with Crippen molar-refractivity contribution in [2.45, 2.75) is 55.9 Å². The van der Waals surface area contributed by atoms with Crippen LogP contribution in [0.5, 0.6) is 0 Å². The molecule has 0 aromatic heterocycles. The topological polar surface area (TPSA) is 78.3 Å². The summed E-state index contributed by atoms with van der Waals surface area (Å²) in [7, 11) is 3.45. The quantitative estimate of drug-likeness (QED) is 0.691. The number of Topliss-reactive ketones (excluding diaryl/α,β-unsaturated/α-hetero) is 2. The van der Waals surface area contributed by atoms with Crippen molar-refractivity contribution < 1.29 is 14.4 Å². The summed E-state index contributed by atoms with van der Waals surface area (Å²) in [4.78, 5) is 30.5. The van der Waals surface area contributed by atoms with Gasteiger partial charge in [-0.15, -0.1) is 0 Å². The highest BCUT2D eigenvalue weighted by molar-refractivity contribution is 5.75. The van der Waals surface area contributed by atoms with E-state index in [9.17, 15) is 14.4 Å². The van der Waals surface area contributed by atoms with Gasteiger partial charge in [-0.25, -0.2) is 0 Å². The zero-order chi connectivity index (χ0) is 15.9. The molecule has 0 aromatic rings. The molecule has 0 aliphatic rings. The van der Waals surface area contributed by atoms with Gasteiger partial charge in [0.1, 0.15) is 11.6 Å². The van der Waals surface area contributed by atoms with Crippen molar-refractivity contribution in [3.8, 4) is 0 Å². The third-order valence-corrected chi connectivity index (χ3v) is 0.630.